The van der Waals surface area contributed by atoms with Gasteiger partial charge in [-0.25, -0.2) is 10.1 Å². The van der Waals surface area contributed by atoms with E-state index in [1.165, 1.54) is 0 Å². The van der Waals surface area contributed by atoms with Crippen LogP contribution in [0.1, 0.15) is 31.0 Å². The van der Waals surface area contributed by atoms with Gasteiger partial charge in [0.2, 0.25) is 5.88 Å². The Balaban J connectivity index is 1.62. The molecule has 28 heavy (non-hydrogen) atoms. The van der Waals surface area contributed by atoms with Gasteiger partial charge < -0.3 is 19.9 Å². The molecule has 0 amide bonds. The van der Waals surface area contributed by atoms with Crippen molar-refractivity contribution in [2.24, 2.45) is 0 Å². The van der Waals surface area contributed by atoms with E-state index in [9.17, 15) is 9.67 Å². The number of nitrogens with zero attached hydrogens (tertiary/aromatic N) is 2. The summed E-state index contributed by atoms with van der Waals surface area (Å²) in [5.41, 5.74) is 1.58. The molecule has 0 radical (unpaired) electrons. The molecule has 1 fully saturated rings. The number of anilines is 1. The van der Waals surface area contributed by atoms with Crippen molar-refractivity contribution < 1.29 is 14.2 Å². The Kier molecular flexibility index (Phi) is 4.87. The van der Waals surface area contributed by atoms with Crippen LogP contribution >= 0.6 is 7.52 Å². The maximum Gasteiger partial charge on any atom is 0.282 e. The van der Waals surface area contributed by atoms with Crippen LogP contribution < -0.4 is 10.4 Å². The van der Waals surface area contributed by atoms with E-state index in [1.807, 2.05) is 44.2 Å². The highest BCUT2D eigenvalue weighted by atomic mass is 31.2. The van der Waals surface area contributed by atoms with Gasteiger partial charge in [-0.1, -0.05) is 18.2 Å². The van der Waals surface area contributed by atoms with Gasteiger partial charge in [0.05, 0.1) is 29.2 Å². The highest BCUT2D eigenvalue weighted by Gasteiger charge is 2.46. The van der Waals surface area contributed by atoms with E-state index in [1.54, 1.807) is 13.1 Å². The number of hydrogen-bond donors (Lipinski definition) is 4. The molecule has 0 bridgehead atoms. The maximum atomic E-state index is 13.6. The Morgan fingerprint density at radius 2 is 2.14 bits per heavy atom. The molecule has 9 heteroatoms. The zero-order valence-electron chi connectivity index (χ0n) is 16.0. The molecule has 3 aromatic rings. The van der Waals surface area contributed by atoms with Crippen molar-refractivity contribution in [2.45, 2.75) is 38.6 Å². The van der Waals surface area contributed by atoms with Crippen LogP contribution in [0.25, 0.3) is 10.9 Å². The molecular weight excluding hydrogens is 377 g/mol. The lowest BCUT2D eigenvalue weighted by Crippen LogP contribution is -2.25. The SMILES string of the molecule is Cc1nc(C(CNc2cnc3ccccc3c2)P2(=O)N[C@@H](C)[C@H](C)O2)[nH]c1O. The Hall–Kier alpha value is -2.41. The molecule has 1 aliphatic heterocycles. The van der Waals surface area contributed by atoms with Crippen LogP contribution in [0, 0.1) is 6.92 Å². The topological polar surface area (TPSA) is 112 Å². The first kappa shape index (κ1) is 18.9. The molecule has 0 saturated carbocycles. The predicted octanol–water partition coefficient (Wildman–Crippen LogP) is 3.72. The monoisotopic (exact) mass is 401 g/mol. The van der Waals surface area contributed by atoms with Gasteiger partial charge >= 0.3 is 0 Å². The molecule has 3 heterocycles. The van der Waals surface area contributed by atoms with Crippen LogP contribution in [0.5, 0.6) is 5.88 Å². The number of nitrogens with one attached hydrogen (secondary N) is 3. The normalized spacial score (nSPS) is 25.8. The number of aromatic hydroxyl groups is 1. The summed E-state index contributed by atoms with van der Waals surface area (Å²) in [5.74, 6) is 0.396. The third-order valence-electron chi connectivity index (χ3n) is 5.10. The van der Waals surface area contributed by atoms with Crippen molar-refractivity contribution in [1.82, 2.24) is 20.0 Å². The molecule has 2 aromatic heterocycles. The first-order chi connectivity index (χ1) is 13.4. The van der Waals surface area contributed by atoms with Crippen molar-refractivity contribution in [3.63, 3.8) is 0 Å². The number of benzene rings is 1. The first-order valence-corrected chi connectivity index (χ1v) is 10.9. The molecule has 148 valence electrons. The van der Waals surface area contributed by atoms with Crippen molar-refractivity contribution in [1.29, 1.82) is 0 Å². The number of aromatic nitrogens is 3. The summed E-state index contributed by atoms with van der Waals surface area (Å²) in [7, 11) is -3.24. The summed E-state index contributed by atoms with van der Waals surface area (Å²) in [6, 6.07) is 9.80. The summed E-state index contributed by atoms with van der Waals surface area (Å²) in [6.45, 7) is 5.82. The quantitative estimate of drug-likeness (QED) is 0.482. The van der Waals surface area contributed by atoms with Gasteiger partial charge in [-0.15, -0.1) is 0 Å². The number of H-pyrrole nitrogens is 1. The van der Waals surface area contributed by atoms with Crippen LogP contribution in [-0.4, -0.2) is 38.7 Å². The van der Waals surface area contributed by atoms with Crippen molar-refractivity contribution in [2.75, 3.05) is 11.9 Å². The van der Waals surface area contributed by atoms with Gasteiger partial charge in [0, 0.05) is 18.0 Å². The minimum Gasteiger partial charge on any atom is -0.493 e. The number of hydrogen-bond acceptors (Lipinski definition) is 6. The van der Waals surface area contributed by atoms with E-state index < -0.39 is 13.2 Å². The lowest BCUT2D eigenvalue weighted by Gasteiger charge is -2.22. The lowest BCUT2D eigenvalue weighted by molar-refractivity contribution is 0.235. The number of pyridine rings is 1. The predicted molar refractivity (Wildman–Crippen MR) is 109 cm³/mol. The molecule has 1 saturated heterocycles. The van der Waals surface area contributed by atoms with Crippen LogP contribution in [0.4, 0.5) is 5.69 Å². The zero-order valence-corrected chi connectivity index (χ0v) is 16.9. The minimum absolute atomic E-state index is 0.0285. The van der Waals surface area contributed by atoms with E-state index >= 15 is 0 Å². The molecule has 0 aliphatic carbocycles. The second kappa shape index (κ2) is 7.20. The second-order valence-electron chi connectivity index (χ2n) is 7.19. The van der Waals surface area contributed by atoms with Crippen LogP contribution in [0.2, 0.25) is 0 Å². The third-order valence-corrected chi connectivity index (χ3v) is 7.76. The number of imidazole rings is 1. The molecule has 4 rings (SSSR count). The van der Waals surface area contributed by atoms with Gasteiger partial charge in [-0.05, 0) is 32.9 Å². The lowest BCUT2D eigenvalue weighted by atomic mass is 10.2. The molecule has 4 N–H and O–H groups in total. The van der Waals surface area contributed by atoms with Crippen molar-refractivity contribution >= 4 is 24.1 Å². The summed E-state index contributed by atoms with van der Waals surface area (Å²) in [4.78, 5) is 11.6. The highest BCUT2D eigenvalue weighted by molar-refractivity contribution is 7.57. The minimum atomic E-state index is -3.24. The molecular formula is C19H24N5O3P. The van der Waals surface area contributed by atoms with E-state index in [0.29, 0.717) is 18.1 Å². The van der Waals surface area contributed by atoms with Crippen LogP contribution in [0.3, 0.4) is 0 Å². The van der Waals surface area contributed by atoms with Gasteiger partial charge in [0.25, 0.3) is 7.52 Å². The molecule has 2 unspecified atom stereocenters. The zero-order chi connectivity index (χ0) is 19.9. The average molecular weight is 401 g/mol. The van der Waals surface area contributed by atoms with E-state index in [0.717, 1.165) is 16.6 Å². The van der Waals surface area contributed by atoms with Gasteiger partial charge in [-0.3, -0.25) is 9.55 Å². The summed E-state index contributed by atoms with van der Waals surface area (Å²) in [5, 5.41) is 17.3. The average Bonchev–Trinajstić information content (AvgIpc) is 3.13. The third kappa shape index (κ3) is 3.51. The Morgan fingerprint density at radius 3 is 2.82 bits per heavy atom. The highest BCUT2D eigenvalue weighted by Crippen LogP contribution is 2.60. The van der Waals surface area contributed by atoms with E-state index in [4.69, 9.17) is 4.52 Å². The molecule has 0 spiro atoms. The summed E-state index contributed by atoms with van der Waals surface area (Å²) >= 11 is 0. The van der Waals surface area contributed by atoms with Crippen molar-refractivity contribution in [3.05, 3.63) is 48.0 Å². The Labute approximate surface area is 163 Å². The van der Waals surface area contributed by atoms with Gasteiger partial charge in [-0.2, -0.15) is 0 Å². The summed E-state index contributed by atoms with van der Waals surface area (Å²) in [6.07, 6.45) is 1.56. The van der Waals surface area contributed by atoms with Crippen molar-refractivity contribution in [3.8, 4) is 5.88 Å². The fourth-order valence-electron chi connectivity index (χ4n) is 3.31. The Morgan fingerprint density at radius 1 is 1.36 bits per heavy atom. The number of aromatic amines is 1. The Bertz CT molecular complexity index is 1020. The van der Waals surface area contributed by atoms with Gasteiger partial charge in [0.15, 0.2) is 0 Å². The molecule has 4 atom stereocenters. The number of para-hydroxylation sites is 1. The molecule has 1 aliphatic rings. The number of aryl methyl sites for hydroxylation is 1. The standard InChI is InChI=1S/C19H24N5O3P/c1-11-13(3)27-28(26,24-11)17(18-22-12(2)19(25)23-18)10-20-15-8-14-6-4-5-7-16(14)21-9-15/h4-9,11,13,17,20,25H,10H2,1-3H3,(H,22,23)(H,24,26)/t11-,13-,17?,28?/m0/s1. The summed E-state index contributed by atoms with van der Waals surface area (Å²) < 4.78 is 19.4. The molecule has 1 aromatic carbocycles. The smallest absolute Gasteiger partial charge is 0.282 e. The van der Waals surface area contributed by atoms with Gasteiger partial charge in [0.1, 0.15) is 11.5 Å². The maximum absolute atomic E-state index is 13.6. The fraction of sp³-hybridized carbons (Fsp3) is 0.368. The molecule has 8 nitrogen and oxygen atoms in total. The second-order valence-corrected chi connectivity index (χ2v) is 9.48. The fourth-order valence-corrected chi connectivity index (χ4v) is 5.93. The van der Waals surface area contributed by atoms with E-state index in [-0.39, 0.29) is 18.0 Å². The first-order valence-electron chi connectivity index (χ1n) is 9.26. The number of fused-ring (bicyclic) bond motifs is 1. The van der Waals surface area contributed by atoms with Crippen LogP contribution in [0.15, 0.2) is 36.5 Å². The number of rotatable bonds is 5. The van der Waals surface area contributed by atoms with E-state index in [2.05, 4.69) is 25.4 Å². The van der Waals surface area contributed by atoms with Crippen LogP contribution in [-0.2, 0) is 9.09 Å². The largest absolute Gasteiger partial charge is 0.493 e.